The fourth-order valence-corrected chi connectivity index (χ4v) is 5.20. The summed E-state index contributed by atoms with van der Waals surface area (Å²) < 4.78 is 0. The van der Waals surface area contributed by atoms with E-state index in [1.54, 1.807) is 0 Å². The number of thiophene rings is 1. The molecule has 1 aromatic heterocycles. The maximum absolute atomic E-state index is 10.7. The molecule has 26 heavy (non-hydrogen) atoms. The fourth-order valence-electron chi connectivity index (χ4n) is 4.30. The summed E-state index contributed by atoms with van der Waals surface area (Å²) in [6.45, 7) is 6.83. The lowest BCUT2D eigenvalue weighted by Crippen LogP contribution is -2.50. The number of hydrogen-bond donors (Lipinski definition) is 1. The Balaban J connectivity index is 1.25. The zero-order valence-corrected chi connectivity index (χ0v) is 16.2. The van der Waals surface area contributed by atoms with Crippen LogP contribution in [0.2, 0.25) is 0 Å². The van der Waals surface area contributed by atoms with E-state index in [-0.39, 0.29) is 6.10 Å². The van der Waals surface area contributed by atoms with Crippen molar-refractivity contribution in [2.75, 3.05) is 50.7 Å². The molecule has 1 aromatic carbocycles. The number of para-hydroxylation sites is 1. The van der Waals surface area contributed by atoms with Crippen molar-refractivity contribution in [1.29, 1.82) is 0 Å². The van der Waals surface area contributed by atoms with Crippen LogP contribution in [0.1, 0.15) is 23.8 Å². The first kappa shape index (κ1) is 18.0. The molecule has 3 heterocycles. The zero-order chi connectivity index (χ0) is 17.8. The number of piperazine rings is 1. The molecule has 0 aliphatic carbocycles. The number of anilines is 1. The lowest BCUT2D eigenvalue weighted by molar-refractivity contribution is 0.0678. The van der Waals surface area contributed by atoms with Crippen LogP contribution >= 0.6 is 11.3 Å². The van der Waals surface area contributed by atoms with Gasteiger partial charge in [0, 0.05) is 55.9 Å². The molecule has 2 aliphatic heterocycles. The van der Waals surface area contributed by atoms with E-state index >= 15 is 0 Å². The van der Waals surface area contributed by atoms with Gasteiger partial charge in [0.15, 0.2) is 0 Å². The molecule has 5 heteroatoms. The molecule has 0 radical (unpaired) electrons. The summed E-state index contributed by atoms with van der Waals surface area (Å²) in [5.74, 6) is 0. The highest BCUT2D eigenvalue weighted by molar-refractivity contribution is 7.10. The molecular formula is C21H29N3OS. The van der Waals surface area contributed by atoms with Crippen molar-refractivity contribution in [1.82, 2.24) is 9.80 Å². The van der Waals surface area contributed by atoms with Crippen LogP contribution in [-0.4, -0.2) is 66.8 Å². The van der Waals surface area contributed by atoms with Crippen LogP contribution < -0.4 is 4.90 Å². The molecular weight excluding hydrogens is 342 g/mol. The highest BCUT2D eigenvalue weighted by Gasteiger charge is 2.29. The van der Waals surface area contributed by atoms with Crippen molar-refractivity contribution in [3.05, 3.63) is 52.7 Å². The van der Waals surface area contributed by atoms with E-state index in [2.05, 4.69) is 62.5 Å². The molecule has 140 valence electrons. The van der Waals surface area contributed by atoms with Crippen molar-refractivity contribution in [3.8, 4) is 0 Å². The second-order valence-corrected chi connectivity index (χ2v) is 8.42. The zero-order valence-electron chi connectivity index (χ0n) is 15.3. The number of hydrogen-bond acceptors (Lipinski definition) is 5. The largest absolute Gasteiger partial charge is 0.390 e. The number of β-amino-alcohol motifs (C(OH)–C–C–N with tert-alkyl or cyclic N) is 1. The molecule has 1 N–H and O–H groups in total. The molecule has 0 spiro atoms. The van der Waals surface area contributed by atoms with E-state index in [9.17, 15) is 5.11 Å². The number of benzene rings is 1. The monoisotopic (exact) mass is 371 g/mol. The highest BCUT2D eigenvalue weighted by Crippen LogP contribution is 2.34. The van der Waals surface area contributed by atoms with Gasteiger partial charge >= 0.3 is 0 Å². The van der Waals surface area contributed by atoms with Gasteiger partial charge in [-0.05, 0) is 43.0 Å². The lowest BCUT2D eigenvalue weighted by Gasteiger charge is -2.37. The summed E-state index contributed by atoms with van der Waals surface area (Å²) >= 11 is 1.85. The third-order valence-corrected chi connectivity index (χ3v) is 6.62. The molecule has 2 aromatic rings. The van der Waals surface area contributed by atoms with Crippen LogP contribution in [0.4, 0.5) is 5.69 Å². The van der Waals surface area contributed by atoms with E-state index in [0.717, 1.165) is 45.8 Å². The van der Waals surface area contributed by atoms with Gasteiger partial charge < -0.3 is 10.0 Å². The first-order valence-corrected chi connectivity index (χ1v) is 10.7. The average Bonchev–Trinajstić information content (AvgIpc) is 3.34. The molecule has 4 nitrogen and oxygen atoms in total. The van der Waals surface area contributed by atoms with Gasteiger partial charge in [0.25, 0.3) is 0 Å². The number of aliphatic hydroxyl groups is 1. The van der Waals surface area contributed by atoms with E-state index in [1.807, 2.05) is 11.3 Å². The van der Waals surface area contributed by atoms with Crippen LogP contribution in [0.3, 0.4) is 0 Å². The summed E-state index contributed by atoms with van der Waals surface area (Å²) in [7, 11) is 0. The molecule has 2 fully saturated rings. The Morgan fingerprint density at radius 3 is 2.50 bits per heavy atom. The van der Waals surface area contributed by atoms with Crippen LogP contribution in [0.25, 0.3) is 0 Å². The normalized spacial score (nSPS) is 23.4. The van der Waals surface area contributed by atoms with Crippen LogP contribution in [-0.2, 0) is 0 Å². The summed E-state index contributed by atoms with van der Waals surface area (Å²) in [6, 6.07) is 15.5. The van der Waals surface area contributed by atoms with Crippen molar-refractivity contribution >= 4 is 17.0 Å². The predicted octanol–water partition coefficient (Wildman–Crippen LogP) is 3.07. The Bertz CT molecular complexity index is 655. The van der Waals surface area contributed by atoms with Gasteiger partial charge in [-0.2, -0.15) is 0 Å². The fraction of sp³-hybridized carbons (Fsp3) is 0.524. The first-order valence-electron chi connectivity index (χ1n) is 9.77. The van der Waals surface area contributed by atoms with Crippen molar-refractivity contribution in [2.24, 2.45) is 0 Å². The standard InChI is InChI=1S/C21H29N3OS/c25-19(17-24-10-4-8-20(24)21-9-5-15-26-21)16-22-11-13-23(14-12-22)18-6-2-1-3-7-18/h1-3,5-7,9,15,19-20,25H,4,8,10-14,16-17H2/t19-,20+/m0/s1. The first-order chi connectivity index (χ1) is 12.8. The molecule has 4 rings (SSSR count). The Labute approximate surface area is 160 Å². The molecule has 2 saturated heterocycles. The second-order valence-electron chi connectivity index (χ2n) is 7.45. The summed E-state index contributed by atoms with van der Waals surface area (Å²) in [5, 5.41) is 12.8. The second kappa shape index (κ2) is 8.53. The molecule has 0 unspecified atom stereocenters. The van der Waals surface area contributed by atoms with Crippen LogP contribution in [0.5, 0.6) is 0 Å². The SMILES string of the molecule is O[C@@H](CN1CCN(c2ccccc2)CC1)CN1CCC[C@@H]1c1cccs1. The van der Waals surface area contributed by atoms with Gasteiger partial charge in [0.1, 0.15) is 0 Å². The molecule has 0 bridgehead atoms. The lowest BCUT2D eigenvalue weighted by atomic mass is 10.1. The van der Waals surface area contributed by atoms with E-state index in [4.69, 9.17) is 0 Å². The van der Waals surface area contributed by atoms with Gasteiger partial charge in [-0.1, -0.05) is 24.3 Å². The minimum Gasteiger partial charge on any atom is -0.390 e. The third kappa shape index (κ3) is 4.29. The molecule has 0 amide bonds. The van der Waals surface area contributed by atoms with Crippen molar-refractivity contribution in [3.63, 3.8) is 0 Å². The number of likely N-dealkylation sites (tertiary alicyclic amines) is 1. The Hall–Kier alpha value is -1.40. The van der Waals surface area contributed by atoms with Crippen molar-refractivity contribution < 1.29 is 5.11 Å². The van der Waals surface area contributed by atoms with Gasteiger partial charge in [-0.15, -0.1) is 11.3 Å². The minimum atomic E-state index is -0.265. The van der Waals surface area contributed by atoms with E-state index in [1.165, 1.54) is 23.4 Å². The highest BCUT2D eigenvalue weighted by atomic mass is 32.1. The number of aliphatic hydroxyl groups excluding tert-OH is 1. The average molecular weight is 372 g/mol. The van der Waals surface area contributed by atoms with Gasteiger partial charge in [-0.25, -0.2) is 0 Å². The van der Waals surface area contributed by atoms with Crippen LogP contribution in [0, 0.1) is 0 Å². The van der Waals surface area contributed by atoms with Gasteiger partial charge in [0.05, 0.1) is 6.10 Å². The Kier molecular flexibility index (Phi) is 5.90. The molecule has 0 saturated carbocycles. The van der Waals surface area contributed by atoms with Gasteiger partial charge in [-0.3, -0.25) is 9.80 Å². The topological polar surface area (TPSA) is 30.0 Å². The summed E-state index contributed by atoms with van der Waals surface area (Å²) in [4.78, 5) is 8.79. The van der Waals surface area contributed by atoms with E-state index in [0.29, 0.717) is 6.04 Å². The number of nitrogens with zero attached hydrogens (tertiary/aromatic N) is 3. The quantitative estimate of drug-likeness (QED) is 0.845. The summed E-state index contributed by atoms with van der Waals surface area (Å²) in [5.41, 5.74) is 1.31. The molecule has 2 aliphatic rings. The van der Waals surface area contributed by atoms with Gasteiger partial charge in [0.2, 0.25) is 0 Å². The van der Waals surface area contributed by atoms with Crippen LogP contribution in [0.15, 0.2) is 47.8 Å². The third-order valence-electron chi connectivity index (χ3n) is 5.64. The van der Waals surface area contributed by atoms with Crippen molar-refractivity contribution in [2.45, 2.75) is 25.0 Å². The van der Waals surface area contributed by atoms with E-state index < -0.39 is 0 Å². The maximum Gasteiger partial charge on any atom is 0.0794 e. The number of rotatable bonds is 6. The maximum atomic E-state index is 10.7. The molecule has 2 atom stereocenters. The Morgan fingerprint density at radius 1 is 0.962 bits per heavy atom. The smallest absolute Gasteiger partial charge is 0.0794 e. The Morgan fingerprint density at radius 2 is 1.77 bits per heavy atom. The predicted molar refractivity (Wildman–Crippen MR) is 109 cm³/mol. The minimum absolute atomic E-state index is 0.265. The summed E-state index contributed by atoms with van der Waals surface area (Å²) in [6.07, 6.45) is 2.20.